The molecule has 1 N–H and O–H groups in total. The summed E-state index contributed by atoms with van der Waals surface area (Å²) in [6, 6.07) is 19.1. The van der Waals surface area contributed by atoms with Crippen LogP contribution < -0.4 is 5.32 Å². The van der Waals surface area contributed by atoms with Crippen molar-refractivity contribution in [2.75, 3.05) is 0 Å². The molecule has 0 saturated heterocycles. The van der Waals surface area contributed by atoms with E-state index in [2.05, 4.69) is 77.3 Å². The number of nitrogens with one attached hydrogen (secondary N) is 1. The van der Waals surface area contributed by atoms with Crippen molar-refractivity contribution in [1.82, 2.24) is 9.88 Å². The summed E-state index contributed by atoms with van der Waals surface area (Å²) >= 11 is 0. The number of allylic oxidation sites excluding steroid dienone is 1. The molecule has 2 heteroatoms. The van der Waals surface area contributed by atoms with Crippen LogP contribution in [0.2, 0.25) is 0 Å². The molecule has 0 aliphatic carbocycles. The van der Waals surface area contributed by atoms with Gasteiger partial charge in [0.2, 0.25) is 0 Å². The number of hydrogen-bond acceptors (Lipinski definition) is 1. The molecule has 0 fully saturated rings. The van der Waals surface area contributed by atoms with Gasteiger partial charge in [-0.2, -0.15) is 0 Å². The topological polar surface area (TPSA) is 17.0 Å². The first-order chi connectivity index (χ1) is 10.9. The van der Waals surface area contributed by atoms with E-state index in [4.69, 9.17) is 0 Å². The molecule has 2 aromatic carbocycles. The van der Waals surface area contributed by atoms with Gasteiger partial charge in [-0.1, -0.05) is 54.6 Å². The van der Waals surface area contributed by atoms with Crippen molar-refractivity contribution < 1.29 is 0 Å². The van der Waals surface area contributed by atoms with Crippen LogP contribution >= 0.6 is 0 Å². The van der Waals surface area contributed by atoms with E-state index in [-0.39, 0.29) is 0 Å². The summed E-state index contributed by atoms with van der Waals surface area (Å²) in [5.74, 6) is 0. The fourth-order valence-electron chi connectivity index (χ4n) is 2.82. The lowest BCUT2D eigenvalue weighted by Crippen LogP contribution is -2.12. The molecular formula is C20H22N2. The summed E-state index contributed by atoms with van der Waals surface area (Å²) in [6.07, 6.45) is 5.24. The van der Waals surface area contributed by atoms with Crippen LogP contribution in [0.15, 0.2) is 73.4 Å². The van der Waals surface area contributed by atoms with Gasteiger partial charge in [-0.15, -0.1) is 6.58 Å². The van der Waals surface area contributed by atoms with Gasteiger partial charge in [0.1, 0.15) is 0 Å². The molecule has 22 heavy (non-hydrogen) atoms. The molecule has 3 aromatic rings. The Balaban J connectivity index is 1.74. The van der Waals surface area contributed by atoms with Crippen LogP contribution in [0.25, 0.3) is 10.9 Å². The van der Waals surface area contributed by atoms with E-state index in [9.17, 15) is 0 Å². The highest BCUT2D eigenvalue weighted by atomic mass is 15.0. The first kappa shape index (κ1) is 14.6. The Bertz CT molecular complexity index is 741. The average Bonchev–Trinajstić information content (AvgIpc) is 2.92. The summed E-state index contributed by atoms with van der Waals surface area (Å²) in [5.41, 5.74) is 3.98. The molecule has 1 heterocycles. The van der Waals surface area contributed by atoms with Crippen LogP contribution in [-0.2, 0) is 19.6 Å². The number of para-hydroxylation sites is 1. The van der Waals surface area contributed by atoms with Gasteiger partial charge in [0.25, 0.3) is 0 Å². The number of fused-ring (bicyclic) bond motifs is 1. The van der Waals surface area contributed by atoms with Gasteiger partial charge < -0.3 is 9.88 Å². The summed E-state index contributed by atoms with van der Waals surface area (Å²) in [6.45, 7) is 6.59. The monoisotopic (exact) mass is 290 g/mol. The Morgan fingerprint density at radius 2 is 1.73 bits per heavy atom. The zero-order valence-electron chi connectivity index (χ0n) is 12.8. The predicted molar refractivity (Wildman–Crippen MR) is 93.7 cm³/mol. The third-order valence-corrected chi connectivity index (χ3v) is 3.93. The second-order valence-corrected chi connectivity index (χ2v) is 5.53. The molecule has 0 aliphatic heterocycles. The highest BCUT2D eigenvalue weighted by Crippen LogP contribution is 2.21. The van der Waals surface area contributed by atoms with E-state index in [1.807, 2.05) is 6.08 Å². The number of benzene rings is 2. The highest BCUT2D eigenvalue weighted by Gasteiger charge is 2.07. The SMILES string of the molecule is C=CCCn1cc(CNCc2ccccc2)c2ccccc21. The lowest BCUT2D eigenvalue weighted by atomic mass is 10.1. The fourth-order valence-corrected chi connectivity index (χ4v) is 2.82. The van der Waals surface area contributed by atoms with E-state index >= 15 is 0 Å². The van der Waals surface area contributed by atoms with Crippen molar-refractivity contribution in [3.8, 4) is 0 Å². The van der Waals surface area contributed by atoms with Crippen LogP contribution in [0.1, 0.15) is 17.5 Å². The smallest absolute Gasteiger partial charge is 0.0483 e. The normalized spacial score (nSPS) is 10.9. The Kier molecular flexibility index (Phi) is 4.71. The van der Waals surface area contributed by atoms with E-state index in [0.717, 1.165) is 26.1 Å². The number of nitrogens with zero attached hydrogens (tertiary/aromatic N) is 1. The first-order valence-electron chi connectivity index (χ1n) is 7.81. The van der Waals surface area contributed by atoms with Gasteiger partial charge in [0.15, 0.2) is 0 Å². The van der Waals surface area contributed by atoms with Gasteiger partial charge in [0, 0.05) is 36.7 Å². The summed E-state index contributed by atoms with van der Waals surface area (Å²) < 4.78 is 2.33. The zero-order valence-corrected chi connectivity index (χ0v) is 12.8. The van der Waals surface area contributed by atoms with Crippen LogP contribution in [0, 0.1) is 0 Å². The minimum absolute atomic E-state index is 0.885. The van der Waals surface area contributed by atoms with Crippen molar-refractivity contribution in [3.05, 3.63) is 84.6 Å². The van der Waals surface area contributed by atoms with Crippen molar-refractivity contribution >= 4 is 10.9 Å². The lowest BCUT2D eigenvalue weighted by molar-refractivity contribution is 0.686. The molecule has 0 atom stereocenters. The third kappa shape index (κ3) is 3.29. The lowest BCUT2D eigenvalue weighted by Gasteiger charge is -2.04. The number of hydrogen-bond donors (Lipinski definition) is 1. The van der Waals surface area contributed by atoms with Crippen LogP contribution in [0.3, 0.4) is 0 Å². The summed E-state index contributed by atoms with van der Waals surface area (Å²) in [4.78, 5) is 0. The molecule has 0 unspecified atom stereocenters. The molecule has 0 amide bonds. The van der Waals surface area contributed by atoms with Crippen molar-refractivity contribution in [3.63, 3.8) is 0 Å². The molecule has 0 bridgehead atoms. The fraction of sp³-hybridized carbons (Fsp3) is 0.200. The number of rotatable bonds is 7. The van der Waals surface area contributed by atoms with E-state index in [1.54, 1.807) is 0 Å². The predicted octanol–water partition coefficient (Wildman–Crippen LogP) is 4.51. The second kappa shape index (κ2) is 7.10. The summed E-state index contributed by atoms with van der Waals surface area (Å²) in [7, 11) is 0. The maximum Gasteiger partial charge on any atom is 0.0483 e. The molecule has 0 spiro atoms. The van der Waals surface area contributed by atoms with E-state index in [0.29, 0.717) is 0 Å². The van der Waals surface area contributed by atoms with Crippen molar-refractivity contribution in [2.24, 2.45) is 0 Å². The Hall–Kier alpha value is -2.32. The molecular weight excluding hydrogens is 268 g/mol. The highest BCUT2D eigenvalue weighted by molar-refractivity contribution is 5.83. The average molecular weight is 290 g/mol. The Morgan fingerprint density at radius 3 is 2.55 bits per heavy atom. The van der Waals surface area contributed by atoms with Gasteiger partial charge in [-0.05, 0) is 23.6 Å². The minimum Gasteiger partial charge on any atom is -0.347 e. The van der Waals surface area contributed by atoms with Crippen molar-refractivity contribution in [1.29, 1.82) is 0 Å². The minimum atomic E-state index is 0.885. The molecule has 2 nitrogen and oxygen atoms in total. The molecule has 0 saturated carbocycles. The largest absolute Gasteiger partial charge is 0.347 e. The maximum atomic E-state index is 3.82. The third-order valence-electron chi connectivity index (χ3n) is 3.93. The molecule has 0 aliphatic rings. The number of aromatic nitrogens is 1. The van der Waals surface area contributed by atoms with Gasteiger partial charge >= 0.3 is 0 Å². The van der Waals surface area contributed by atoms with Gasteiger partial charge in [-0.25, -0.2) is 0 Å². The molecule has 1 aromatic heterocycles. The zero-order chi connectivity index (χ0) is 15.2. The Morgan fingerprint density at radius 1 is 0.955 bits per heavy atom. The molecule has 112 valence electrons. The van der Waals surface area contributed by atoms with Gasteiger partial charge in [-0.3, -0.25) is 0 Å². The van der Waals surface area contributed by atoms with Crippen LogP contribution in [0.5, 0.6) is 0 Å². The maximum absolute atomic E-state index is 3.82. The standard InChI is InChI=1S/C20H22N2/c1-2-3-13-22-16-18(19-11-7-8-12-20(19)22)15-21-14-17-9-5-4-6-10-17/h2,4-12,16,21H,1,3,13-15H2. The quantitative estimate of drug-likeness (QED) is 0.634. The molecule has 0 radical (unpaired) electrons. The van der Waals surface area contributed by atoms with Crippen LogP contribution in [0.4, 0.5) is 0 Å². The van der Waals surface area contributed by atoms with Crippen molar-refractivity contribution in [2.45, 2.75) is 26.1 Å². The Labute approximate surface area is 132 Å². The van der Waals surface area contributed by atoms with Crippen LogP contribution in [-0.4, -0.2) is 4.57 Å². The second-order valence-electron chi connectivity index (χ2n) is 5.53. The van der Waals surface area contributed by atoms with Gasteiger partial charge in [0.05, 0.1) is 0 Å². The van der Waals surface area contributed by atoms with E-state index in [1.165, 1.54) is 22.0 Å². The summed E-state index contributed by atoms with van der Waals surface area (Å²) in [5, 5.41) is 4.89. The van der Waals surface area contributed by atoms with E-state index < -0.39 is 0 Å². The molecule has 3 rings (SSSR count). The number of aryl methyl sites for hydroxylation is 1. The first-order valence-corrected chi connectivity index (χ1v) is 7.81.